The number of benzene rings is 2. The number of rotatable bonds is 10. The van der Waals surface area contributed by atoms with Gasteiger partial charge in [-0.25, -0.2) is 14.4 Å². The van der Waals surface area contributed by atoms with Crippen LogP contribution in [0.15, 0.2) is 59.7 Å². The molecular formula is C27H30O9. The number of esters is 3. The summed E-state index contributed by atoms with van der Waals surface area (Å²) in [6, 6.07) is 13.2. The number of methoxy groups -OCH3 is 2. The number of ether oxygens (including phenoxy) is 6. The molecule has 0 saturated heterocycles. The van der Waals surface area contributed by atoms with E-state index >= 15 is 0 Å². The third kappa shape index (κ3) is 4.92. The second-order valence-electron chi connectivity index (χ2n) is 7.63. The first kappa shape index (κ1) is 26.7. The molecule has 9 heteroatoms. The van der Waals surface area contributed by atoms with Gasteiger partial charge in [-0.05, 0) is 50.6 Å². The topological polar surface area (TPSA) is 107 Å². The van der Waals surface area contributed by atoms with Crippen LogP contribution in [-0.4, -0.2) is 51.9 Å². The Balaban J connectivity index is 2.33. The van der Waals surface area contributed by atoms with Crippen LogP contribution in [0.3, 0.4) is 0 Å². The molecule has 0 saturated carbocycles. The number of carbonyl (C=O) groups excluding carboxylic acids is 3. The third-order valence-electron chi connectivity index (χ3n) is 5.62. The first-order valence-electron chi connectivity index (χ1n) is 11.6. The molecule has 0 N–H and O–H groups in total. The van der Waals surface area contributed by atoms with Gasteiger partial charge in [0.1, 0.15) is 17.6 Å². The summed E-state index contributed by atoms with van der Waals surface area (Å²) in [5.74, 6) is -1.46. The van der Waals surface area contributed by atoms with Crippen molar-refractivity contribution < 1.29 is 42.8 Å². The minimum Gasteiger partial charge on any atom is -0.497 e. The molecule has 0 bridgehead atoms. The molecule has 3 rings (SSSR count). The van der Waals surface area contributed by atoms with Crippen molar-refractivity contribution in [2.24, 2.45) is 0 Å². The molecule has 2 aromatic rings. The largest absolute Gasteiger partial charge is 0.497 e. The van der Waals surface area contributed by atoms with Crippen LogP contribution in [-0.2, 0) is 38.9 Å². The van der Waals surface area contributed by atoms with E-state index in [1.165, 1.54) is 14.2 Å². The highest BCUT2D eigenvalue weighted by atomic mass is 16.6. The normalized spacial score (nSPS) is 19.0. The monoisotopic (exact) mass is 498 g/mol. The van der Waals surface area contributed by atoms with Crippen LogP contribution < -0.4 is 9.47 Å². The fourth-order valence-corrected chi connectivity index (χ4v) is 4.08. The summed E-state index contributed by atoms with van der Waals surface area (Å²) in [5, 5.41) is 0. The molecule has 2 aromatic carbocycles. The summed E-state index contributed by atoms with van der Waals surface area (Å²) < 4.78 is 32.8. The van der Waals surface area contributed by atoms with Crippen molar-refractivity contribution in [1.29, 1.82) is 0 Å². The maximum Gasteiger partial charge on any atom is 0.347 e. The van der Waals surface area contributed by atoms with Crippen molar-refractivity contribution in [2.45, 2.75) is 32.5 Å². The van der Waals surface area contributed by atoms with Crippen LogP contribution in [0.25, 0.3) is 0 Å². The molecule has 0 amide bonds. The molecule has 2 atom stereocenters. The highest BCUT2D eigenvalue weighted by Crippen LogP contribution is 2.51. The van der Waals surface area contributed by atoms with Gasteiger partial charge in [0.15, 0.2) is 0 Å². The van der Waals surface area contributed by atoms with Crippen LogP contribution in [0.4, 0.5) is 0 Å². The molecule has 0 radical (unpaired) electrons. The number of hydrogen-bond acceptors (Lipinski definition) is 9. The molecule has 1 heterocycles. The van der Waals surface area contributed by atoms with E-state index in [1.807, 2.05) is 6.92 Å². The molecule has 0 fully saturated rings. The van der Waals surface area contributed by atoms with Crippen LogP contribution in [0.2, 0.25) is 0 Å². The highest BCUT2D eigenvalue weighted by Gasteiger charge is 2.60. The van der Waals surface area contributed by atoms with Gasteiger partial charge in [0.2, 0.25) is 5.60 Å². The Morgan fingerprint density at radius 2 is 1.39 bits per heavy atom. The van der Waals surface area contributed by atoms with E-state index in [0.717, 1.165) is 0 Å². The average Bonchev–Trinajstić information content (AvgIpc) is 3.26. The zero-order chi connectivity index (χ0) is 26.3. The second-order valence-corrected chi connectivity index (χ2v) is 7.63. The fourth-order valence-electron chi connectivity index (χ4n) is 4.08. The van der Waals surface area contributed by atoms with E-state index in [9.17, 15) is 14.4 Å². The van der Waals surface area contributed by atoms with Gasteiger partial charge in [0, 0.05) is 5.56 Å². The second kappa shape index (κ2) is 11.7. The first-order valence-corrected chi connectivity index (χ1v) is 11.6. The van der Waals surface area contributed by atoms with Gasteiger partial charge in [0.25, 0.3) is 0 Å². The van der Waals surface area contributed by atoms with Gasteiger partial charge in [-0.3, -0.25) is 0 Å². The van der Waals surface area contributed by atoms with Crippen LogP contribution in [0.1, 0.15) is 38.0 Å². The molecule has 36 heavy (non-hydrogen) atoms. The summed E-state index contributed by atoms with van der Waals surface area (Å²) in [5.41, 5.74) is -1.77. The van der Waals surface area contributed by atoms with Crippen LogP contribution in [0, 0.1) is 0 Å². The molecule has 1 aliphatic rings. The van der Waals surface area contributed by atoms with Crippen LogP contribution >= 0.6 is 0 Å². The lowest BCUT2D eigenvalue weighted by Crippen LogP contribution is -2.42. The molecule has 0 aliphatic carbocycles. The molecule has 0 aromatic heterocycles. The van der Waals surface area contributed by atoms with Gasteiger partial charge >= 0.3 is 17.9 Å². The Hall–Kier alpha value is -3.85. The van der Waals surface area contributed by atoms with E-state index in [-0.39, 0.29) is 29.9 Å². The Morgan fingerprint density at radius 3 is 1.92 bits per heavy atom. The highest BCUT2D eigenvalue weighted by molar-refractivity contribution is 6.09. The molecule has 9 nitrogen and oxygen atoms in total. The van der Waals surface area contributed by atoms with Gasteiger partial charge in [-0.15, -0.1) is 0 Å². The van der Waals surface area contributed by atoms with E-state index in [0.29, 0.717) is 23.7 Å². The average molecular weight is 499 g/mol. The minimum atomic E-state index is -2.10. The minimum absolute atomic E-state index is 0.00612. The van der Waals surface area contributed by atoms with Crippen molar-refractivity contribution in [3.05, 3.63) is 70.8 Å². The maximum absolute atomic E-state index is 13.5. The Kier molecular flexibility index (Phi) is 8.71. The molecule has 1 aliphatic heterocycles. The summed E-state index contributed by atoms with van der Waals surface area (Å²) in [4.78, 5) is 40.2. The van der Waals surface area contributed by atoms with Gasteiger partial charge in [0.05, 0.1) is 45.2 Å². The SMILES string of the molecule is CCOC(=O)C1=C(C(=O)OCC)[C@@](C(=O)OC)(c2ccc(OCC)cc2)O[C@H]1c1ccc(OC)cc1. The number of carbonyl (C=O) groups is 3. The van der Waals surface area contributed by atoms with Crippen molar-refractivity contribution in [3.8, 4) is 11.5 Å². The van der Waals surface area contributed by atoms with Gasteiger partial charge < -0.3 is 28.4 Å². The summed E-state index contributed by atoms with van der Waals surface area (Å²) in [7, 11) is 2.70. The predicted molar refractivity (Wildman–Crippen MR) is 128 cm³/mol. The fraction of sp³-hybridized carbons (Fsp3) is 0.370. The van der Waals surface area contributed by atoms with Gasteiger partial charge in [-0.2, -0.15) is 0 Å². The summed E-state index contributed by atoms with van der Waals surface area (Å²) in [6.45, 7) is 5.60. The smallest absolute Gasteiger partial charge is 0.347 e. The molecule has 0 spiro atoms. The first-order chi connectivity index (χ1) is 17.4. The third-order valence-corrected chi connectivity index (χ3v) is 5.62. The Morgan fingerprint density at radius 1 is 0.806 bits per heavy atom. The zero-order valence-electron chi connectivity index (χ0n) is 21.0. The zero-order valence-corrected chi connectivity index (χ0v) is 21.0. The van der Waals surface area contributed by atoms with E-state index in [2.05, 4.69) is 0 Å². The lowest BCUT2D eigenvalue weighted by atomic mass is 9.84. The lowest BCUT2D eigenvalue weighted by molar-refractivity contribution is -0.170. The van der Waals surface area contributed by atoms with E-state index in [4.69, 9.17) is 28.4 Å². The Labute approximate surface area is 209 Å². The summed E-state index contributed by atoms with van der Waals surface area (Å²) in [6.07, 6.45) is -1.14. The van der Waals surface area contributed by atoms with Crippen LogP contribution in [0.5, 0.6) is 11.5 Å². The summed E-state index contributed by atoms with van der Waals surface area (Å²) >= 11 is 0. The molecule has 192 valence electrons. The van der Waals surface area contributed by atoms with Crippen molar-refractivity contribution in [3.63, 3.8) is 0 Å². The maximum atomic E-state index is 13.5. The predicted octanol–water partition coefficient (Wildman–Crippen LogP) is 3.66. The lowest BCUT2D eigenvalue weighted by Gasteiger charge is -2.29. The van der Waals surface area contributed by atoms with Crippen molar-refractivity contribution in [2.75, 3.05) is 34.0 Å². The van der Waals surface area contributed by atoms with E-state index in [1.54, 1.807) is 62.4 Å². The molecule has 0 unspecified atom stereocenters. The van der Waals surface area contributed by atoms with E-state index < -0.39 is 29.6 Å². The van der Waals surface area contributed by atoms with Gasteiger partial charge in [-0.1, -0.05) is 24.3 Å². The Bertz CT molecular complexity index is 1120. The number of hydrogen-bond donors (Lipinski definition) is 0. The molecular weight excluding hydrogens is 468 g/mol. The van der Waals surface area contributed by atoms with Crippen molar-refractivity contribution >= 4 is 17.9 Å². The van der Waals surface area contributed by atoms with Crippen molar-refractivity contribution in [1.82, 2.24) is 0 Å². The quantitative estimate of drug-likeness (QED) is 0.358. The standard InChI is InChI=1S/C27H30O9/c1-6-33-20-15-11-18(12-16-20)27(26(30)32-5)22(25(29)35-8-3)21(24(28)34-7-2)23(36-27)17-9-13-19(31-4)14-10-17/h9-16,23H,6-8H2,1-5H3/t23-,27+/m0/s1.